The Hall–Kier alpha value is -2.05. The number of nitrogens with zero attached hydrogens (tertiary/aromatic N) is 1. The highest BCUT2D eigenvalue weighted by atomic mass is 35.5. The maximum absolute atomic E-state index is 6.18. The topological polar surface area (TPSA) is 72.8 Å². The molecule has 0 unspecified atom stereocenters. The molecule has 1 aromatic carbocycles. The van der Waals surface area contributed by atoms with Gasteiger partial charge in [-0.2, -0.15) is 5.10 Å². The van der Waals surface area contributed by atoms with Crippen LogP contribution in [0.15, 0.2) is 39.9 Å². The van der Waals surface area contributed by atoms with E-state index in [0.717, 1.165) is 5.56 Å². The second-order valence-electron chi connectivity index (χ2n) is 3.78. The lowest BCUT2D eigenvalue weighted by molar-refractivity contribution is 0.415. The maximum Gasteiger partial charge on any atom is 0.184 e. The van der Waals surface area contributed by atoms with Crippen LogP contribution < -0.4 is 15.9 Å². The van der Waals surface area contributed by atoms with Gasteiger partial charge < -0.3 is 14.9 Å². The number of rotatable bonds is 4. The van der Waals surface area contributed by atoms with Gasteiger partial charge in [-0.1, -0.05) is 11.6 Å². The number of thiocarbonyl (C=S) groups is 1. The molecular weight excluding hydrogens is 298 g/mol. The molecule has 5 nitrogen and oxygen atoms in total. The zero-order valence-electron chi connectivity index (χ0n) is 10.6. The third-order valence-corrected chi connectivity index (χ3v) is 2.84. The van der Waals surface area contributed by atoms with Crippen molar-refractivity contribution in [1.29, 1.82) is 0 Å². The van der Waals surface area contributed by atoms with Crippen LogP contribution in [0.2, 0.25) is 5.02 Å². The molecule has 0 spiro atoms. The van der Waals surface area contributed by atoms with Crippen molar-refractivity contribution in [3.05, 3.63) is 41.1 Å². The van der Waals surface area contributed by atoms with E-state index in [4.69, 9.17) is 26.5 Å². The minimum atomic E-state index is 0.0891. The summed E-state index contributed by atoms with van der Waals surface area (Å²) in [5, 5.41) is 4.44. The summed E-state index contributed by atoms with van der Waals surface area (Å²) in [6.07, 6.45) is 1.47. The van der Waals surface area contributed by atoms with Gasteiger partial charge in [0.1, 0.15) is 17.3 Å². The zero-order chi connectivity index (χ0) is 14.5. The highest BCUT2D eigenvalue weighted by molar-refractivity contribution is 7.80. The van der Waals surface area contributed by atoms with Crippen LogP contribution in [-0.2, 0) is 0 Å². The molecule has 0 aliphatic heterocycles. The number of furan rings is 1. The van der Waals surface area contributed by atoms with Crippen LogP contribution in [0.4, 0.5) is 0 Å². The molecule has 0 atom stereocenters. The monoisotopic (exact) mass is 309 g/mol. The standard InChI is InChI=1S/C13H12ClN3O2S/c1-18-8-2-4-10(11(14)6-8)12-5-3-9(19-12)7-16-17-13(15)20/h2-7H,1H3,(H3,15,17,20). The number of hydrogen-bond donors (Lipinski definition) is 2. The smallest absolute Gasteiger partial charge is 0.184 e. The molecular formula is C13H12ClN3O2S. The largest absolute Gasteiger partial charge is 0.497 e. The van der Waals surface area contributed by atoms with E-state index in [1.807, 2.05) is 12.1 Å². The average molecular weight is 310 g/mol. The second kappa shape index (κ2) is 6.40. The summed E-state index contributed by atoms with van der Waals surface area (Å²) < 4.78 is 10.7. The van der Waals surface area contributed by atoms with Gasteiger partial charge in [0.15, 0.2) is 5.11 Å². The van der Waals surface area contributed by atoms with Crippen LogP contribution >= 0.6 is 23.8 Å². The number of nitrogens with one attached hydrogen (secondary N) is 1. The van der Waals surface area contributed by atoms with Crippen molar-refractivity contribution in [2.24, 2.45) is 10.8 Å². The van der Waals surface area contributed by atoms with E-state index in [9.17, 15) is 0 Å². The Kier molecular flexibility index (Phi) is 4.60. The van der Waals surface area contributed by atoms with Crippen LogP contribution in [0.3, 0.4) is 0 Å². The SMILES string of the molecule is COc1ccc(-c2ccc(C=NNC(N)=S)o2)c(Cl)c1. The molecule has 0 saturated carbocycles. The molecule has 0 saturated heterocycles. The molecule has 0 fully saturated rings. The number of benzene rings is 1. The summed E-state index contributed by atoms with van der Waals surface area (Å²) in [6.45, 7) is 0. The fourth-order valence-corrected chi connectivity index (χ4v) is 1.87. The first-order chi connectivity index (χ1) is 9.60. The fourth-order valence-electron chi connectivity index (χ4n) is 1.55. The van der Waals surface area contributed by atoms with E-state index in [1.165, 1.54) is 6.21 Å². The van der Waals surface area contributed by atoms with E-state index in [0.29, 0.717) is 22.3 Å². The van der Waals surface area contributed by atoms with Crippen LogP contribution in [-0.4, -0.2) is 18.4 Å². The molecule has 2 aromatic rings. The van der Waals surface area contributed by atoms with Gasteiger partial charge in [-0.25, -0.2) is 0 Å². The second-order valence-corrected chi connectivity index (χ2v) is 4.63. The first-order valence-corrected chi connectivity index (χ1v) is 6.41. The van der Waals surface area contributed by atoms with E-state index >= 15 is 0 Å². The molecule has 0 aliphatic carbocycles. The van der Waals surface area contributed by atoms with Gasteiger partial charge >= 0.3 is 0 Å². The van der Waals surface area contributed by atoms with Gasteiger partial charge in [-0.15, -0.1) is 0 Å². The van der Waals surface area contributed by atoms with Crippen molar-refractivity contribution in [3.63, 3.8) is 0 Å². The normalized spacial score (nSPS) is 10.7. The number of methoxy groups -OCH3 is 1. The molecule has 20 heavy (non-hydrogen) atoms. The van der Waals surface area contributed by atoms with Crippen molar-refractivity contribution < 1.29 is 9.15 Å². The van der Waals surface area contributed by atoms with Gasteiger partial charge in [0.05, 0.1) is 18.3 Å². The molecule has 0 amide bonds. The van der Waals surface area contributed by atoms with Crippen molar-refractivity contribution in [1.82, 2.24) is 5.43 Å². The number of nitrogens with two attached hydrogens (primary N) is 1. The van der Waals surface area contributed by atoms with Crippen LogP contribution in [0.1, 0.15) is 5.76 Å². The van der Waals surface area contributed by atoms with Gasteiger partial charge in [-0.3, -0.25) is 5.43 Å². The third kappa shape index (κ3) is 3.49. The molecule has 0 aliphatic rings. The summed E-state index contributed by atoms with van der Waals surface area (Å²) in [5.74, 6) is 1.87. The Bertz CT molecular complexity index is 655. The third-order valence-electron chi connectivity index (χ3n) is 2.44. The first-order valence-electron chi connectivity index (χ1n) is 5.62. The van der Waals surface area contributed by atoms with E-state index in [2.05, 4.69) is 22.7 Å². The predicted octanol–water partition coefficient (Wildman–Crippen LogP) is 2.78. The zero-order valence-corrected chi connectivity index (χ0v) is 12.2. The maximum atomic E-state index is 6.18. The number of hydrogen-bond acceptors (Lipinski definition) is 4. The van der Waals surface area contributed by atoms with Crippen LogP contribution in [0, 0.1) is 0 Å². The molecule has 1 aromatic heterocycles. The summed E-state index contributed by atoms with van der Waals surface area (Å²) in [4.78, 5) is 0. The Morgan fingerprint density at radius 1 is 1.45 bits per heavy atom. The lowest BCUT2D eigenvalue weighted by Crippen LogP contribution is -2.23. The van der Waals surface area contributed by atoms with E-state index in [-0.39, 0.29) is 5.11 Å². The van der Waals surface area contributed by atoms with Crippen molar-refractivity contribution in [2.75, 3.05) is 7.11 Å². The quantitative estimate of drug-likeness (QED) is 0.516. The Labute approximate surface area is 126 Å². The summed E-state index contributed by atoms with van der Waals surface area (Å²) in [5.41, 5.74) is 8.46. The minimum absolute atomic E-state index is 0.0891. The number of halogens is 1. The van der Waals surface area contributed by atoms with Crippen LogP contribution in [0.25, 0.3) is 11.3 Å². The molecule has 1 heterocycles. The van der Waals surface area contributed by atoms with E-state index in [1.54, 1.807) is 25.3 Å². The summed E-state index contributed by atoms with van der Waals surface area (Å²) >= 11 is 10.8. The van der Waals surface area contributed by atoms with Crippen molar-refractivity contribution in [2.45, 2.75) is 0 Å². The van der Waals surface area contributed by atoms with Gasteiger partial charge in [0.25, 0.3) is 0 Å². The lowest BCUT2D eigenvalue weighted by atomic mass is 10.1. The minimum Gasteiger partial charge on any atom is -0.497 e. The highest BCUT2D eigenvalue weighted by Crippen LogP contribution is 2.31. The average Bonchev–Trinajstić information content (AvgIpc) is 2.86. The summed E-state index contributed by atoms with van der Waals surface area (Å²) in [7, 11) is 1.58. The van der Waals surface area contributed by atoms with E-state index < -0.39 is 0 Å². The molecule has 0 radical (unpaired) electrons. The fraction of sp³-hybridized carbons (Fsp3) is 0.0769. The van der Waals surface area contributed by atoms with Crippen molar-refractivity contribution >= 4 is 35.1 Å². The Morgan fingerprint density at radius 2 is 2.25 bits per heavy atom. The first kappa shape index (κ1) is 14.4. The number of hydrazone groups is 1. The van der Waals surface area contributed by atoms with Gasteiger partial charge in [0, 0.05) is 5.56 Å². The Morgan fingerprint density at radius 3 is 2.90 bits per heavy atom. The summed E-state index contributed by atoms with van der Waals surface area (Å²) in [6, 6.07) is 8.93. The van der Waals surface area contributed by atoms with Crippen LogP contribution in [0.5, 0.6) is 5.75 Å². The molecule has 7 heteroatoms. The molecule has 104 valence electrons. The molecule has 3 N–H and O–H groups in total. The van der Waals surface area contributed by atoms with Crippen molar-refractivity contribution in [3.8, 4) is 17.1 Å². The predicted molar refractivity (Wildman–Crippen MR) is 83.2 cm³/mol. The van der Waals surface area contributed by atoms with Gasteiger partial charge in [0.2, 0.25) is 0 Å². The Balaban J connectivity index is 2.20. The molecule has 2 rings (SSSR count). The molecule has 0 bridgehead atoms. The lowest BCUT2D eigenvalue weighted by Gasteiger charge is -2.03. The number of ether oxygens (including phenoxy) is 1. The highest BCUT2D eigenvalue weighted by Gasteiger charge is 2.09. The van der Waals surface area contributed by atoms with Gasteiger partial charge in [-0.05, 0) is 42.5 Å².